The zero-order valence-corrected chi connectivity index (χ0v) is 16.2. The summed E-state index contributed by atoms with van der Waals surface area (Å²) in [5, 5.41) is 9.89. The lowest BCUT2D eigenvalue weighted by atomic mass is 10.2. The second-order valence-electron chi connectivity index (χ2n) is 5.94. The smallest absolute Gasteiger partial charge is 0.278 e. The maximum Gasteiger partial charge on any atom is 0.278 e. The second kappa shape index (κ2) is 7.57. The first-order valence-corrected chi connectivity index (χ1v) is 9.71. The van der Waals surface area contributed by atoms with Gasteiger partial charge in [0.15, 0.2) is 5.16 Å². The van der Waals surface area contributed by atoms with Crippen molar-refractivity contribution in [2.24, 2.45) is 0 Å². The molecule has 7 nitrogen and oxygen atoms in total. The molecule has 2 aromatic heterocycles. The average molecular weight is 412 g/mol. The van der Waals surface area contributed by atoms with Crippen LogP contribution in [-0.2, 0) is 12.4 Å². The van der Waals surface area contributed by atoms with E-state index in [0.717, 1.165) is 0 Å². The molecule has 0 aliphatic carbocycles. The highest BCUT2D eigenvalue weighted by Crippen LogP contribution is 2.21. The van der Waals surface area contributed by atoms with Crippen molar-refractivity contribution in [2.75, 3.05) is 0 Å². The molecule has 0 spiro atoms. The van der Waals surface area contributed by atoms with Crippen molar-refractivity contribution in [3.05, 3.63) is 80.8 Å². The summed E-state index contributed by atoms with van der Waals surface area (Å²) >= 11 is 7.24. The summed E-state index contributed by atoms with van der Waals surface area (Å²) in [5.74, 6) is 0.166. The molecule has 0 amide bonds. The first kappa shape index (κ1) is 18.4. The van der Waals surface area contributed by atoms with E-state index >= 15 is 0 Å². The standard InChI is InChI=1S/C19H14ClN5O2S/c1-2-9-24-17(26)14-10-12(20)7-8-15(14)21-19(24)28-11-25-18(27)13-5-3-4-6-16(13)22-23-25/h2-8,10H,1,9,11H2. The minimum atomic E-state index is -0.247. The predicted octanol–water partition coefficient (Wildman–Crippen LogP) is 3.09. The van der Waals surface area contributed by atoms with Gasteiger partial charge in [0, 0.05) is 11.6 Å². The third kappa shape index (κ3) is 3.32. The van der Waals surface area contributed by atoms with Crippen molar-refractivity contribution in [1.82, 2.24) is 24.5 Å². The molecule has 0 atom stereocenters. The summed E-state index contributed by atoms with van der Waals surface area (Å²) < 4.78 is 2.75. The summed E-state index contributed by atoms with van der Waals surface area (Å²) in [6.45, 7) is 3.99. The predicted molar refractivity (Wildman–Crippen MR) is 111 cm³/mol. The number of thioether (sulfide) groups is 1. The Hall–Kier alpha value is -2.97. The van der Waals surface area contributed by atoms with Crippen molar-refractivity contribution in [1.29, 1.82) is 0 Å². The van der Waals surface area contributed by atoms with Crippen LogP contribution in [0.2, 0.25) is 5.02 Å². The highest BCUT2D eigenvalue weighted by molar-refractivity contribution is 7.98. The molecule has 0 saturated heterocycles. The largest absolute Gasteiger partial charge is 0.283 e. The van der Waals surface area contributed by atoms with Gasteiger partial charge in [0.2, 0.25) is 0 Å². The topological polar surface area (TPSA) is 82.7 Å². The zero-order chi connectivity index (χ0) is 19.7. The van der Waals surface area contributed by atoms with Crippen LogP contribution in [0.5, 0.6) is 0 Å². The van der Waals surface area contributed by atoms with Gasteiger partial charge < -0.3 is 0 Å². The van der Waals surface area contributed by atoms with Crippen LogP contribution in [0.1, 0.15) is 0 Å². The van der Waals surface area contributed by atoms with Gasteiger partial charge in [-0.15, -0.1) is 11.7 Å². The number of hydrogen-bond acceptors (Lipinski definition) is 6. The maximum absolute atomic E-state index is 12.9. The van der Waals surface area contributed by atoms with E-state index in [1.807, 2.05) is 0 Å². The number of fused-ring (bicyclic) bond motifs is 2. The molecule has 28 heavy (non-hydrogen) atoms. The number of allylic oxidation sites excluding steroid dienone is 1. The summed E-state index contributed by atoms with van der Waals surface area (Å²) in [6, 6.07) is 12.0. The number of benzene rings is 2. The van der Waals surface area contributed by atoms with E-state index in [2.05, 4.69) is 21.9 Å². The number of aromatic nitrogens is 5. The first-order chi connectivity index (χ1) is 13.6. The maximum atomic E-state index is 12.9. The van der Waals surface area contributed by atoms with Crippen LogP contribution in [-0.4, -0.2) is 24.5 Å². The monoisotopic (exact) mass is 411 g/mol. The van der Waals surface area contributed by atoms with Gasteiger partial charge >= 0.3 is 0 Å². The average Bonchev–Trinajstić information content (AvgIpc) is 2.71. The first-order valence-electron chi connectivity index (χ1n) is 8.35. The van der Waals surface area contributed by atoms with Crippen LogP contribution >= 0.6 is 23.4 Å². The molecule has 0 saturated carbocycles. The quantitative estimate of drug-likeness (QED) is 0.285. The SMILES string of the molecule is C=CCn1c(SCn2nnc3ccccc3c2=O)nc2ccc(Cl)cc2c1=O. The Balaban J connectivity index is 1.75. The van der Waals surface area contributed by atoms with Crippen molar-refractivity contribution in [3.8, 4) is 0 Å². The molecule has 9 heteroatoms. The molecule has 0 N–H and O–H groups in total. The fourth-order valence-electron chi connectivity index (χ4n) is 2.80. The van der Waals surface area contributed by atoms with Crippen LogP contribution in [0.4, 0.5) is 0 Å². The molecule has 0 aliphatic rings. The summed E-state index contributed by atoms with van der Waals surface area (Å²) in [6.07, 6.45) is 1.62. The second-order valence-corrected chi connectivity index (χ2v) is 7.29. The van der Waals surface area contributed by atoms with Gasteiger partial charge in [0.1, 0.15) is 5.52 Å². The fraction of sp³-hybridized carbons (Fsp3) is 0.105. The summed E-state index contributed by atoms with van der Waals surface area (Å²) in [5.41, 5.74) is 0.613. The van der Waals surface area contributed by atoms with Crippen LogP contribution in [0.15, 0.2) is 69.9 Å². The van der Waals surface area contributed by atoms with E-state index < -0.39 is 0 Å². The van der Waals surface area contributed by atoms with Gasteiger partial charge in [-0.2, -0.15) is 4.68 Å². The lowest BCUT2D eigenvalue weighted by Crippen LogP contribution is -2.25. The molecule has 0 radical (unpaired) electrons. The zero-order valence-electron chi connectivity index (χ0n) is 14.6. The minimum Gasteiger partial charge on any atom is -0.283 e. The number of rotatable bonds is 5. The molecule has 140 valence electrons. The molecule has 0 aliphatic heterocycles. The molecule has 0 bridgehead atoms. The van der Waals surface area contributed by atoms with Crippen LogP contribution in [0.25, 0.3) is 21.8 Å². The van der Waals surface area contributed by atoms with E-state index in [1.165, 1.54) is 21.0 Å². The highest BCUT2D eigenvalue weighted by Gasteiger charge is 2.13. The van der Waals surface area contributed by atoms with Crippen molar-refractivity contribution >= 4 is 45.2 Å². The Morgan fingerprint density at radius 2 is 1.89 bits per heavy atom. The number of halogens is 1. The lowest BCUT2D eigenvalue weighted by Gasteiger charge is -2.12. The van der Waals surface area contributed by atoms with Crippen LogP contribution < -0.4 is 11.1 Å². The highest BCUT2D eigenvalue weighted by atomic mass is 35.5. The fourth-order valence-corrected chi connectivity index (χ4v) is 3.85. The molecule has 0 unspecified atom stereocenters. The Kier molecular flexibility index (Phi) is 4.97. The molecule has 2 aromatic carbocycles. The van der Waals surface area contributed by atoms with Crippen molar-refractivity contribution in [3.63, 3.8) is 0 Å². The van der Waals surface area contributed by atoms with Crippen molar-refractivity contribution in [2.45, 2.75) is 17.6 Å². The van der Waals surface area contributed by atoms with E-state index in [0.29, 0.717) is 32.0 Å². The minimum absolute atomic E-state index is 0.166. The van der Waals surface area contributed by atoms with E-state index in [4.69, 9.17) is 11.6 Å². The Bertz CT molecular complexity index is 1330. The van der Waals surface area contributed by atoms with Gasteiger partial charge in [-0.05, 0) is 30.3 Å². The number of hydrogen-bond donors (Lipinski definition) is 0. The van der Waals surface area contributed by atoms with Gasteiger partial charge in [-0.3, -0.25) is 14.2 Å². The molecular weight excluding hydrogens is 398 g/mol. The van der Waals surface area contributed by atoms with Gasteiger partial charge in [0.25, 0.3) is 11.1 Å². The van der Waals surface area contributed by atoms with E-state index in [9.17, 15) is 9.59 Å². The van der Waals surface area contributed by atoms with E-state index in [1.54, 1.807) is 48.5 Å². The van der Waals surface area contributed by atoms with Crippen LogP contribution in [0, 0.1) is 0 Å². The Morgan fingerprint density at radius 1 is 1.07 bits per heavy atom. The number of nitrogens with zero attached hydrogens (tertiary/aromatic N) is 5. The summed E-state index contributed by atoms with van der Waals surface area (Å²) in [4.78, 5) is 30.0. The van der Waals surface area contributed by atoms with Gasteiger partial charge in [-0.1, -0.05) is 46.8 Å². The third-order valence-electron chi connectivity index (χ3n) is 4.14. The molecule has 4 rings (SSSR count). The Morgan fingerprint density at radius 3 is 2.71 bits per heavy atom. The van der Waals surface area contributed by atoms with Gasteiger partial charge in [-0.25, -0.2) is 4.98 Å². The summed E-state index contributed by atoms with van der Waals surface area (Å²) in [7, 11) is 0. The van der Waals surface area contributed by atoms with Crippen LogP contribution in [0.3, 0.4) is 0 Å². The molecule has 0 fully saturated rings. The molecule has 4 aromatic rings. The lowest BCUT2D eigenvalue weighted by molar-refractivity contribution is 0.633. The Labute approximate surface area is 168 Å². The molecule has 2 heterocycles. The van der Waals surface area contributed by atoms with E-state index in [-0.39, 0.29) is 23.5 Å². The third-order valence-corrected chi connectivity index (χ3v) is 5.32. The van der Waals surface area contributed by atoms with Crippen molar-refractivity contribution < 1.29 is 0 Å². The normalized spacial score (nSPS) is 11.2. The van der Waals surface area contributed by atoms with Gasteiger partial charge in [0.05, 0.1) is 22.2 Å². The molecular formula is C19H14ClN5O2S.